The van der Waals surface area contributed by atoms with Crippen LogP contribution in [-0.4, -0.2) is 30.6 Å². The van der Waals surface area contributed by atoms with Crippen LogP contribution in [0, 0.1) is 0 Å². The minimum absolute atomic E-state index is 0.0395. The lowest BCUT2D eigenvalue weighted by atomic mass is 10.1. The molecule has 3 nitrogen and oxygen atoms in total. The Bertz CT molecular complexity index is 372. The summed E-state index contributed by atoms with van der Waals surface area (Å²) in [6, 6.07) is 7.77. The van der Waals surface area contributed by atoms with Crippen LogP contribution >= 0.6 is 11.6 Å². The van der Waals surface area contributed by atoms with Gasteiger partial charge in [0.05, 0.1) is 0 Å². The molecule has 0 fully saturated rings. The van der Waals surface area contributed by atoms with Gasteiger partial charge < -0.3 is 10.2 Å². The largest absolute Gasteiger partial charge is 0.338 e. The molecule has 1 aromatic carbocycles. The van der Waals surface area contributed by atoms with Crippen molar-refractivity contribution in [2.75, 3.05) is 19.6 Å². The second-order valence-electron chi connectivity index (χ2n) is 4.60. The molecule has 0 heterocycles. The molecule has 2 amide bonds. The Morgan fingerprint density at radius 3 is 2.26 bits per heavy atom. The minimum Gasteiger partial charge on any atom is -0.338 e. The number of carbonyl (C=O) groups is 1. The fourth-order valence-electron chi connectivity index (χ4n) is 1.93. The van der Waals surface area contributed by atoms with Crippen LogP contribution in [0.3, 0.4) is 0 Å². The topological polar surface area (TPSA) is 32.3 Å². The highest BCUT2D eigenvalue weighted by Gasteiger charge is 2.10. The van der Waals surface area contributed by atoms with E-state index >= 15 is 0 Å². The highest BCUT2D eigenvalue weighted by Crippen LogP contribution is 2.09. The van der Waals surface area contributed by atoms with Crippen LogP contribution in [-0.2, 0) is 6.42 Å². The number of carbonyl (C=O) groups excluding carboxylic acids is 1. The monoisotopic (exact) mass is 282 g/mol. The minimum atomic E-state index is 0.0395. The number of rotatable bonds is 7. The van der Waals surface area contributed by atoms with Crippen LogP contribution in [0.4, 0.5) is 4.79 Å². The summed E-state index contributed by atoms with van der Waals surface area (Å²) in [6.07, 6.45) is 2.81. The van der Waals surface area contributed by atoms with Crippen LogP contribution < -0.4 is 5.32 Å². The van der Waals surface area contributed by atoms with Crippen LogP contribution in [0.25, 0.3) is 0 Å². The molecule has 0 bridgehead atoms. The Balaban J connectivity index is 2.34. The predicted molar refractivity (Wildman–Crippen MR) is 80.7 cm³/mol. The highest BCUT2D eigenvalue weighted by atomic mass is 35.5. The van der Waals surface area contributed by atoms with E-state index in [2.05, 4.69) is 19.2 Å². The Morgan fingerprint density at radius 2 is 1.74 bits per heavy atom. The zero-order valence-corrected chi connectivity index (χ0v) is 12.5. The van der Waals surface area contributed by atoms with Crippen molar-refractivity contribution in [1.29, 1.82) is 0 Å². The highest BCUT2D eigenvalue weighted by molar-refractivity contribution is 6.30. The van der Waals surface area contributed by atoms with Crippen LogP contribution in [0.2, 0.25) is 5.02 Å². The average Bonchev–Trinajstić information content (AvgIpc) is 2.40. The smallest absolute Gasteiger partial charge is 0.317 e. The van der Waals surface area contributed by atoms with Crippen molar-refractivity contribution in [1.82, 2.24) is 10.2 Å². The van der Waals surface area contributed by atoms with Crippen LogP contribution in [0.5, 0.6) is 0 Å². The van der Waals surface area contributed by atoms with Crippen molar-refractivity contribution in [3.05, 3.63) is 34.9 Å². The van der Waals surface area contributed by atoms with Crippen LogP contribution in [0.15, 0.2) is 24.3 Å². The molecule has 0 aliphatic heterocycles. The Hall–Kier alpha value is -1.22. The summed E-state index contributed by atoms with van der Waals surface area (Å²) in [5, 5.41) is 3.71. The first kappa shape index (κ1) is 15.8. The van der Waals surface area contributed by atoms with Gasteiger partial charge >= 0.3 is 6.03 Å². The molecule has 0 unspecified atom stereocenters. The summed E-state index contributed by atoms with van der Waals surface area (Å²) in [5.41, 5.74) is 1.18. The fraction of sp³-hybridized carbons (Fsp3) is 0.533. The normalized spacial score (nSPS) is 10.3. The van der Waals surface area contributed by atoms with Gasteiger partial charge in [-0.2, -0.15) is 0 Å². The Labute approximate surface area is 120 Å². The van der Waals surface area contributed by atoms with E-state index in [1.807, 2.05) is 29.2 Å². The van der Waals surface area contributed by atoms with Crippen LogP contribution in [0.1, 0.15) is 32.3 Å². The second-order valence-corrected chi connectivity index (χ2v) is 5.03. The molecule has 0 aliphatic rings. The second kappa shape index (κ2) is 8.81. The molecule has 0 spiro atoms. The fourth-order valence-corrected chi connectivity index (χ4v) is 2.06. The Kier molecular flexibility index (Phi) is 7.34. The molecule has 1 N–H and O–H groups in total. The van der Waals surface area contributed by atoms with Gasteiger partial charge in [-0.25, -0.2) is 4.79 Å². The number of nitrogens with zero attached hydrogens (tertiary/aromatic N) is 1. The van der Waals surface area contributed by atoms with E-state index in [4.69, 9.17) is 11.6 Å². The van der Waals surface area contributed by atoms with E-state index in [0.717, 1.165) is 37.4 Å². The molecular weight excluding hydrogens is 260 g/mol. The molecule has 1 aromatic rings. The lowest BCUT2D eigenvalue weighted by Gasteiger charge is -2.21. The maximum absolute atomic E-state index is 12.0. The summed E-state index contributed by atoms with van der Waals surface area (Å²) >= 11 is 5.83. The molecule has 0 aliphatic carbocycles. The first-order valence-corrected chi connectivity index (χ1v) is 7.32. The number of benzene rings is 1. The number of urea groups is 1. The van der Waals surface area contributed by atoms with Gasteiger partial charge in [0.1, 0.15) is 0 Å². The van der Waals surface area contributed by atoms with Gasteiger partial charge in [0.15, 0.2) is 0 Å². The molecule has 0 aromatic heterocycles. The van der Waals surface area contributed by atoms with Gasteiger partial charge in [0, 0.05) is 24.7 Å². The van der Waals surface area contributed by atoms with Crippen molar-refractivity contribution in [3.63, 3.8) is 0 Å². The van der Waals surface area contributed by atoms with Crippen molar-refractivity contribution in [2.24, 2.45) is 0 Å². The molecule has 0 saturated heterocycles. The van der Waals surface area contributed by atoms with Gasteiger partial charge in [-0.05, 0) is 37.0 Å². The zero-order valence-electron chi connectivity index (χ0n) is 11.8. The van der Waals surface area contributed by atoms with Crippen molar-refractivity contribution < 1.29 is 4.79 Å². The van der Waals surface area contributed by atoms with Gasteiger partial charge in [0.2, 0.25) is 0 Å². The van der Waals surface area contributed by atoms with E-state index in [0.29, 0.717) is 6.54 Å². The number of halogens is 1. The van der Waals surface area contributed by atoms with Gasteiger partial charge in [-0.1, -0.05) is 37.6 Å². The molecule has 4 heteroatoms. The van der Waals surface area contributed by atoms with Gasteiger partial charge in [-0.3, -0.25) is 0 Å². The summed E-state index contributed by atoms with van der Waals surface area (Å²) in [5.74, 6) is 0. The number of hydrogen-bond acceptors (Lipinski definition) is 1. The molecular formula is C15H23ClN2O. The third-order valence-electron chi connectivity index (χ3n) is 2.88. The molecule has 1 rings (SSSR count). The van der Waals surface area contributed by atoms with Gasteiger partial charge in [-0.15, -0.1) is 0 Å². The standard InChI is InChI=1S/C15H23ClN2O/c1-3-11-18(12-4-2)15(19)17-10-9-13-5-7-14(16)8-6-13/h5-8H,3-4,9-12H2,1-2H3,(H,17,19). The Morgan fingerprint density at radius 1 is 1.16 bits per heavy atom. The number of nitrogens with one attached hydrogen (secondary N) is 1. The maximum atomic E-state index is 12.0. The molecule has 0 radical (unpaired) electrons. The summed E-state index contributed by atoms with van der Waals surface area (Å²) in [6.45, 7) is 6.47. The molecule has 106 valence electrons. The number of hydrogen-bond donors (Lipinski definition) is 1. The lowest BCUT2D eigenvalue weighted by Crippen LogP contribution is -2.41. The zero-order chi connectivity index (χ0) is 14.1. The van der Waals surface area contributed by atoms with E-state index in [-0.39, 0.29) is 6.03 Å². The predicted octanol–water partition coefficient (Wildman–Crippen LogP) is 3.71. The molecule has 0 saturated carbocycles. The molecule has 19 heavy (non-hydrogen) atoms. The van der Waals surface area contributed by atoms with E-state index in [9.17, 15) is 4.79 Å². The van der Waals surface area contributed by atoms with E-state index in [1.54, 1.807) is 0 Å². The summed E-state index contributed by atoms with van der Waals surface area (Å²) in [7, 11) is 0. The quantitative estimate of drug-likeness (QED) is 0.812. The van der Waals surface area contributed by atoms with Crippen molar-refractivity contribution >= 4 is 17.6 Å². The third-order valence-corrected chi connectivity index (χ3v) is 3.13. The van der Waals surface area contributed by atoms with Crippen molar-refractivity contribution in [3.8, 4) is 0 Å². The molecule has 0 atom stereocenters. The van der Waals surface area contributed by atoms with Gasteiger partial charge in [0.25, 0.3) is 0 Å². The maximum Gasteiger partial charge on any atom is 0.317 e. The summed E-state index contributed by atoms with van der Waals surface area (Å²) < 4.78 is 0. The summed E-state index contributed by atoms with van der Waals surface area (Å²) in [4.78, 5) is 13.8. The average molecular weight is 283 g/mol. The third kappa shape index (κ3) is 5.97. The van der Waals surface area contributed by atoms with Crippen molar-refractivity contribution in [2.45, 2.75) is 33.1 Å². The SMILES string of the molecule is CCCN(CCC)C(=O)NCCc1ccc(Cl)cc1. The van der Waals surface area contributed by atoms with E-state index in [1.165, 1.54) is 5.56 Å². The first-order chi connectivity index (χ1) is 9.17. The lowest BCUT2D eigenvalue weighted by molar-refractivity contribution is 0.198. The number of amides is 2. The first-order valence-electron chi connectivity index (χ1n) is 6.94. The van der Waals surface area contributed by atoms with E-state index < -0.39 is 0 Å².